The van der Waals surface area contributed by atoms with Gasteiger partial charge in [-0.3, -0.25) is 62.5 Å². The number of guanidine groups is 1. The van der Waals surface area contributed by atoms with E-state index in [0.29, 0.717) is 34.1 Å². The molecular formula is C65H94N18O16S2. The number of nitrogens with two attached hydrogens (primary N) is 3. The highest BCUT2D eigenvalue weighted by atomic mass is 32.1. The number of nitrogens with zero attached hydrogens (tertiary/aromatic N) is 3. The molecule has 1 aliphatic heterocycles. The first-order valence-corrected chi connectivity index (χ1v) is 34.2. The molecule has 4 aromatic rings. The number of hydrogen-bond acceptors (Lipinski definition) is 19. The van der Waals surface area contributed by atoms with E-state index in [0.717, 1.165) is 0 Å². The van der Waals surface area contributed by atoms with Crippen molar-refractivity contribution in [3.05, 3.63) is 84.1 Å². The number of aromatic hydroxyl groups is 1. The third-order valence-corrected chi connectivity index (χ3v) is 17.5. The standard InChI is InChI=1S/C65H94N18O16S2/c1-7-33(4)52(82-56(90)43(14-10-20-70-65(67)68)75-60(94)47(26-51(85)86)78-55(89)41(66)29-100)62(96)74-35(6)54(88)76-45(24-37-27-71-42-13-9-8-12-40(37)42)58(92)80-48(23-36-16-18-39(84)19-17-36)63(97)83-21-11-15-50(83)61(95)73-34(5)53(87)77-46(25-38-28-69-31-72-38)59(93)79-44(22-32(2)3)57(91)81-49(30-101)64(98)99/h8-9,12-13,16-19,27-28,31-35,41,43-50,52,71,84,100-101H,7,10-11,14-15,20-26,29-30,66H2,1-6H3,(H,69,72)(H,73,95)(H,74,96)(H,75,94)(H,76,88)(H,77,87)(H,78,89)(H,79,93)(H,80,92)(H,81,91)(H,82,90)(H,85,86)(H,98,99)(H4,67,68,70)/t33-,34-,35-,41-,43-,44-,45-,46-,47-,48-,49-,50-,52-/m0/s1. The van der Waals surface area contributed by atoms with Gasteiger partial charge < -0.3 is 101 Å². The maximum absolute atomic E-state index is 15.1. The molecule has 3 heterocycles. The zero-order chi connectivity index (χ0) is 74.8. The maximum atomic E-state index is 15.1. The smallest absolute Gasteiger partial charge is 0.327 e. The zero-order valence-electron chi connectivity index (χ0n) is 57.0. The fraction of sp³-hybridized carbons (Fsp3) is 0.523. The van der Waals surface area contributed by atoms with Crippen LogP contribution in [0.2, 0.25) is 0 Å². The van der Waals surface area contributed by atoms with Crippen LogP contribution in [0.5, 0.6) is 5.75 Å². The van der Waals surface area contributed by atoms with Crippen LogP contribution in [0, 0.1) is 11.8 Å². The third kappa shape index (κ3) is 25.3. The Morgan fingerprint density at radius 3 is 1.81 bits per heavy atom. The highest BCUT2D eigenvalue weighted by Crippen LogP contribution is 2.23. The molecule has 101 heavy (non-hydrogen) atoms. The zero-order valence-corrected chi connectivity index (χ0v) is 58.7. The Morgan fingerprint density at radius 2 is 1.22 bits per heavy atom. The van der Waals surface area contributed by atoms with E-state index in [1.807, 2.05) is 0 Å². The Bertz CT molecular complexity index is 3570. The fourth-order valence-electron chi connectivity index (χ4n) is 10.9. The van der Waals surface area contributed by atoms with Crippen molar-refractivity contribution in [1.82, 2.24) is 73.0 Å². The third-order valence-electron chi connectivity index (χ3n) is 16.7. The molecule has 21 N–H and O–H groups in total. The number of fused-ring (bicyclic) bond motifs is 1. The van der Waals surface area contributed by atoms with Gasteiger partial charge in [0.15, 0.2) is 5.96 Å². The number of phenolic OH excluding ortho intramolecular Hbond substituents is 1. The summed E-state index contributed by atoms with van der Waals surface area (Å²) in [5.74, 6) is -13.9. The molecule has 552 valence electrons. The number of carbonyl (C=O) groups excluding carboxylic acids is 11. The molecule has 34 nitrogen and oxygen atoms in total. The number of likely N-dealkylation sites (tertiary alicyclic amines) is 1. The van der Waals surface area contributed by atoms with Crippen LogP contribution in [0.3, 0.4) is 0 Å². The van der Waals surface area contributed by atoms with E-state index in [1.165, 1.54) is 55.5 Å². The Balaban J connectivity index is 1.38. The fourth-order valence-corrected chi connectivity index (χ4v) is 11.3. The van der Waals surface area contributed by atoms with Gasteiger partial charge in [-0.05, 0) is 87.1 Å². The van der Waals surface area contributed by atoms with Gasteiger partial charge in [-0.1, -0.05) is 64.4 Å². The number of aromatic amines is 2. The Kier molecular flexibility index (Phi) is 32.1. The molecule has 11 amide bonds. The predicted octanol–water partition coefficient (Wildman–Crippen LogP) is -2.60. The van der Waals surface area contributed by atoms with Crippen LogP contribution in [0.4, 0.5) is 0 Å². The van der Waals surface area contributed by atoms with Crippen molar-refractivity contribution in [2.45, 2.75) is 178 Å². The summed E-state index contributed by atoms with van der Waals surface area (Å²) >= 11 is 8.00. The van der Waals surface area contributed by atoms with Crippen molar-refractivity contribution in [2.24, 2.45) is 34.0 Å². The first-order chi connectivity index (χ1) is 47.8. The minimum Gasteiger partial charge on any atom is -0.508 e. The van der Waals surface area contributed by atoms with Gasteiger partial charge in [0, 0.05) is 72.8 Å². The highest BCUT2D eigenvalue weighted by molar-refractivity contribution is 7.80. The van der Waals surface area contributed by atoms with E-state index in [4.69, 9.17) is 17.2 Å². The number of amides is 11. The summed E-state index contributed by atoms with van der Waals surface area (Å²) in [6.07, 6.45) is 3.62. The molecule has 0 radical (unpaired) electrons. The number of H-pyrrole nitrogens is 2. The van der Waals surface area contributed by atoms with Gasteiger partial charge in [0.25, 0.3) is 0 Å². The lowest BCUT2D eigenvalue weighted by atomic mass is 9.97. The summed E-state index contributed by atoms with van der Waals surface area (Å²) in [4.78, 5) is 194. The molecule has 2 aromatic carbocycles. The SMILES string of the molecule is CC[C@H](C)[C@H](NC(=O)[C@H](CCCN=C(N)N)NC(=O)[C@H](CC(=O)O)NC(=O)[C@@H](N)CS)C(=O)N[C@@H](C)C(=O)N[C@@H](Cc1c[nH]c2ccccc12)C(=O)N[C@@H](Cc1ccc(O)cc1)C(=O)N1CCC[C@H]1C(=O)N[C@@H](C)C(=O)N[C@@H](Cc1cnc[nH]1)C(=O)N[C@@H](CC(C)C)C(=O)N[C@@H](CS)C(=O)O. The number of phenols is 1. The number of carbonyl (C=O) groups is 13. The van der Waals surface area contributed by atoms with Crippen molar-refractivity contribution < 1.29 is 77.6 Å². The van der Waals surface area contributed by atoms with E-state index < -0.39 is 162 Å². The van der Waals surface area contributed by atoms with Crippen LogP contribution in [0.25, 0.3) is 10.9 Å². The minimum atomic E-state index is -1.71. The van der Waals surface area contributed by atoms with Crippen LogP contribution in [0.1, 0.15) is 103 Å². The van der Waals surface area contributed by atoms with Gasteiger partial charge in [-0.15, -0.1) is 0 Å². The van der Waals surface area contributed by atoms with Gasteiger partial charge in [-0.2, -0.15) is 25.3 Å². The molecule has 0 saturated carbocycles. The molecular weight excluding hydrogens is 1350 g/mol. The largest absolute Gasteiger partial charge is 0.508 e. The second-order valence-electron chi connectivity index (χ2n) is 25.2. The Labute approximate surface area is 593 Å². The number of nitrogens with one attached hydrogen (secondary N) is 12. The molecule has 1 fully saturated rings. The van der Waals surface area contributed by atoms with Crippen LogP contribution in [-0.2, 0) is 81.6 Å². The maximum Gasteiger partial charge on any atom is 0.327 e. The van der Waals surface area contributed by atoms with Crippen molar-refractivity contribution in [2.75, 3.05) is 24.6 Å². The van der Waals surface area contributed by atoms with Crippen LogP contribution < -0.4 is 70.4 Å². The summed E-state index contributed by atoms with van der Waals surface area (Å²) in [6, 6.07) is -3.83. The number of imidazole rings is 1. The molecule has 0 aliphatic carbocycles. The second kappa shape index (κ2) is 39.7. The first kappa shape index (κ1) is 81.7. The lowest BCUT2D eigenvalue weighted by Crippen LogP contribution is -2.61. The number of thiol groups is 2. The molecule has 13 atom stereocenters. The topological polar surface area (TPSA) is 541 Å². The summed E-state index contributed by atoms with van der Waals surface area (Å²) < 4.78 is 0. The molecule has 2 aromatic heterocycles. The van der Waals surface area contributed by atoms with Crippen molar-refractivity contribution in [3.63, 3.8) is 0 Å². The first-order valence-electron chi connectivity index (χ1n) is 33.0. The molecule has 1 saturated heterocycles. The van der Waals surface area contributed by atoms with E-state index >= 15 is 9.59 Å². The molecule has 5 rings (SSSR count). The minimum absolute atomic E-state index is 0.0111. The summed E-state index contributed by atoms with van der Waals surface area (Å²) in [5, 5.41) is 55.8. The Hall–Kier alpha value is -9.97. The number of para-hydroxylation sites is 1. The number of benzene rings is 2. The molecule has 1 aliphatic rings. The van der Waals surface area contributed by atoms with Gasteiger partial charge in [0.1, 0.15) is 72.2 Å². The van der Waals surface area contributed by atoms with E-state index in [2.05, 4.69) is 98.4 Å². The lowest BCUT2D eigenvalue weighted by Gasteiger charge is -2.31. The van der Waals surface area contributed by atoms with Crippen molar-refractivity contribution >= 4 is 119 Å². The number of aliphatic imine (C=N–C) groups is 1. The Morgan fingerprint density at radius 1 is 0.644 bits per heavy atom. The van der Waals surface area contributed by atoms with Crippen molar-refractivity contribution in [1.29, 1.82) is 0 Å². The van der Waals surface area contributed by atoms with Crippen LogP contribution in [-0.4, -0.2) is 215 Å². The summed E-state index contributed by atoms with van der Waals surface area (Å²) in [5.41, 5.74) is 18.8. The average Bonchev–Trinajstić information content (AvgIpc) is 1.75. The summed E-state index contributed by atoms with van der Waals surface area (Å²) in [7, 11) is 0. The van der Waals surface area contributed by atoms with E-state index in [9.17, 15) is 68.1 Å². The monoisotopic (exact) mass is 1450 g/mol. The number of rotatable bonds is 40. The van der Waals surface area contributed by atoms with Gasteiger partial charge >= 0.3 is 11.9 Å². The molecule has 36 heteroatoms. The normalized spacial score (nSPS) is 16.3. The quantitative estimate of drug-likeness (QED) is 0.00939. The van der Waals surface area contributed by atoms with Crippen LogP contribution in [0.15, 0.2) is 72.2 Å². The van der Waals surface area contributed by atoms with Crippen molar-refractivity contribution in [3.8, 4) is 5.75 Å². The number of carboxylic acid groups (broad SMARTS) is 2. The van der Waals surface area contributed by atoms with Gasteiger partial charge in [0.2, 0.25) is 65.0 Å². The average molecular weight is 1450 g/mol. The lowest BCUT2D eigenvalue weighted by molar-refractivity contribution is -0.142. The summed E-state index contributed by atoms with van der Waals surface area (Å²) in [6.45, 7) is 9.60. The van der Waals surface area contributed by atoms with E-state index in [-0.39, 0.29) is 93.6 Å². The molecule has 0 spiro atoms. The van der Waals surface area contributed by atoms with Gasteiger partial charge in [-0.25, -0.2) is 9.78 Å². The number of carboxylic acids is 2. The van der Waals surface area contributed by atoms with Crippen LogP contribution >= 0.6 is 25.3 Å². The number of aromatic nitrogens is 3. The molecule has 0 bridgehead atoms. The molecule has 0 unspecified atom stereocenters. The number of aliphatic carboxylic acids is 2. The van der Waals surface area contributed by atoms with E-state index in [1.54, 1.807) is 58.2 Å². The predicted molar refractivity (Wildman–Crippen MR) is 376 cm³/mol. The van der Waals surface area contributed by atoms with Gasteiger partial charge in [0.05, 0.1) is 18.8 Å². The number of hydrogen-bond donors (Lipinski definition) is 20. The highest BCUT2D eigenvalue weighted by Gasteiger charge is 2.41. The second-order valence-corrected chi connectivity index (χ2v) is 25.9.